The predicted molar refractivity (Wildman–Crippen MR) is 99.1 cm³/mol. The zero-order valence-electron chi connectivity index (χ0n) is 14.4. The summed E-state index contributed by atoms with van der Waals surface area (Å²) < 4.78 is 2.20. The Kier molecular flexibility index (Phi) is 4.80. The third-order valence-corrected chi connectivity index (χ3v) is 4.08. The van der Waals surface area contributed by atoms with Crippen LogP contribution in [0.4, 0.5) is 5.69 Å². The van der Waals surface area contributed by atoms with Gasteiger partial charge in [-0.15, -0.1) is 0 Å². The van der Waals surface area contributed by atoms with E-state index in [2.05, 4.69) is 22.9 Å². The molecule has 0 aliphatic carbocycles. The zero-order valence-corrected chi connectivity index (χ0v) is 14.4. The highest BCUT2D eigenvalue weighted by atomic mass is 16.1. The Morgan fingerprint density at radius 1 is 1.24 bits per heavy atom. The van der Waals surface area contributed by atoms with Crippen LogP contribution in [0.3, 0.4) is 0 Å². The summed E-state index contributed by atoms with van der Waals surface area (Å²) in [6.45, 7) is 4.53. The molecule has 1 amide bonds. The maximum absolute atomic E-state index is 11.2. The second kappa shape index (κ2) is 7.18. The maximum atomic E-state index is 11.2. The first-order valence-corrected chi connectivity index (χ1v) is 8.40. The van der Waals surface area contributed by atoms with Gasteiger partial charge in [0.1, 0.15) is 5.82 Å². The number of nitriles is 1. The summed E-state index contributed by atoms with van der Waals surface area (Å²) in [5, 5.41) is 11.9. The molecule has 0 saturated carbocycles. The molecule has 25 heavy (non-hydrogen) atoms. The number of imidazole rings is 1. The molecule has 0 spiro atoms. The van der Waals surface area contributed by atoms with Crippen LogP contribution >= 0.6 is 0 Å². The molecule has 0 aliphatic rings. The number of unbranched alkanes of at least 4 members (excludes halogenated alkanes) is 1. The van der Waals surface area contributed by atoms with Crippen LogP contribution in [0.1, 0.15) is 32.3 Å². The molecule has 0 atom stereocenters. The Bertz CT molecular complexity index is 948. The van der Waals surface area contributed by atoms with Gasteiger partial charge in [-0.2, -0.15) is 5.26 Å². The minimum Gasteiger partial charge on any atom is -0.326 e. The fourth-order valence-corrected chi connectivity index (χ4v) is 2.87. The molecular formula is C20H20N4O. The quantitative estimate of drug-likeness (QED) is 0.756. The average molecular weight is 332 g/mol. The van der Waals surface area contributed by atoms with Gasteiger partial charge in [0, 0.05) is 24.7 Å². The summed E-state index contributed by atoms with van der Waals surface area (Å²) in [6, 6.07) is 15.5. The molecule has 5 nitrogen and oxygen atoms in total. The van der Waals surface area contributed by atoms with Crippen molar-refractivity contribution in [2.75, 3.05) is 5.32 Å². The van der Waals surface area contributed by atoms with Crippen LogP contribution in [0, 0.1) is 11.3 Å². The van der Waals surface area contributed by atoms with Gasteiger partial charge in [-0.05, 0) is 48.9 Å². The van der Waals surface area contributed by atoms with Gasteiger partial charge in [-0.3, -0.25) is 4.79 Å². The van der Waals surface area contributed by atoms with Crippen molar-refractivity contribution in [1.82, 2.24) is 9.55 Å². The highest BCUT2D eigenvalue weighted by Gasteiger charge is 2.13. The smallest absolute Gasteiger partial charge is 0.221 e. The Balaban J connectivity index is 2.07. The molecule has 0 unspecified atom stereocenters. The highest BCUT2D eigenvalue weighted by Crippen LogP contribution is 2.27. The average Bonchev–Trinajstić information content (AvgIpc) is 2.97. The van der Waals surface area contributed by atoms with Crippen LogP contribution < -0.4 is 5.32 Å². The van der Waals surface area contributed by atoms with E-state index in [1.165, 1.54) is 6.92 Å². The molecule has 1 aromatic heterocycles. The number of aryl methyl sites for hydroxylation is 1. The molecular weight excluding hydrogens is 312 g/mol. The number of hydrogen-bond donors (Lipinski definition) is 1. The van der Waals surface area contributed by atoms with Crippen molar-refractivity contribution in [3.8, 4) is 17.5 Å². The van der Waals surface area contributed by atoms with Gasteiger partial charge < -0.3 is 9.88 Å². The van der Waals surface area contributed by atoms with Gasteiger partial charge in [0.25, 0.3) is 0 Å². The Labute approximate surface area is 146 Å². The van der Waals surface area contributed by atoms with Crippen LogP contribution in [0.5, 0.6) is 0 Å². The fourth-order valence-electron chi connectivity index (χ4n) is 2.87. The van der Waals surface area contributed by atoms with Gasteiger partial charge in [0.2, 0.25) is 5.91 Å². The molecule has 0 radical (unpaired) electrons. The van der Waals surface area contributed by atoms with Crippen LogP contribution in [-0.4, -0.2) is 15.5 Å². The lowest BCUT2D eigenvalue weighted by Crippen LogP contribution is -2.05. The Hall–Kier alpha value is -3.13. The van der Waals surface area contributed by atoms with Crippen molar-refractivity contribution in [2.45, 2.75) is 33.2 Å². The van der Waals surface area contributed by atoms with Crippen molar-refractivity contribution in [1.29, 1.82) is 5.26 Å². The SMILES string of the molecule is CCCCn1c(-c2ccc(NC(C)=O)cc2)nc2cc(C#N)ccc21. The van der Waals surface area contributed by atoms with E-state index >= 15 is 0 Å². The highest BCUT2D eigenvalue weighted by molar-refractivity contribution is 5.89. The first kappa shape index (κ1) is 16.7. The molecule has 3 rings (SSSR count). The number of benzene rings is 2. The normalized spacial score (nSPS) is 10.6. The van der Waals surface area contributed by atoms with E-state index in [0.717, 1.165) is 47.5 Å². The van der Waals surface area contributed by atoms with Gasteiger partial charge in [-0.25, -0.2) is 4.98 Å². The maximum Gasteiger partial charge on any atom is 0.221 e. The molecule has 0 aliphatic heterocycles. The number of aromatic nitrogens is 2. The zero-order chi connectivity index (χ0) is 17.8. The number of fused-ring (bicyclic) bond motifs is 1. The lowest BCUT2D eigenvalue weighted by atomic mass is 10.2. The van der Waals surface area contributed by atoms with Crippen molar-refractivity contribution < 1.29 is 4.79 Å². The summed E-state index contributed by atoms with van der Waals surface area (Å²) in [6.07, 6.45) is 2.15. The summed E-state index contributed by atoms with van der Waals surface area (Å²) in [7, 11) is 0. The van der Waals surface area contributed by atoms with Crippen LogP contribution in [0.15, 0.2) is 42.5 Å². The number of rotatable bonds is 5. The minimum atomic E-state index is -0.0908. The predicted octanol–water partition coefficient (Wildman–Crippen LogP) is 4.33. The van der Waals surface area contributed by atoms with E-state index in [1.54, 1.807) is 0 Å². The van der Waals surface area contributed by atoms with E-state index in [4.69, 9.17) is 10.2 Å². The lowest BCUT2D eigenvalue weighted by Gasteiger charge is -2.09. The van der Waals surface area contributed by atoms with E-state index in [9.17, 15) is 4.79 Å². The first-order valence-electron chi connectivity index (χ1n) is 8.40. The van der Waals surface area contributed by atoms with Crippen molar-refractivity contribution in [3.63, 3.8) is 0 Å². The van der Waals surface area contributed by atoms with Crippen LogP contribution in [0.2, 0.25) is 0 Å². The van der Waals surface area contributed by atoms with Crippen LogP contribution in [-0.2, 0) is 11.3 Å². The van der Waals surface area contributed by atoms with E-state index in [-0.39, 0.29) is 5.91 Å². The van der Waals surface area contributed by atoms with Gasteiger partial charge in [-0.1, -0.05) is 13.3 Å². The Morgan fingerprint density at radius 2 is 2.00 bits per heavy atom. The fraction of sp³-hybridized carbons (Fsp3) is 0.250. The largest absolute Gasteiger partial charge is 0.326 e. The van der Waals surface area contributed by atoms with Crippen molar-refractivity contribution >= 4 is 22.6 Å². The van der Waals surface area contributed by atoms with Gasteiger partial charge in [0.05, 0.1) is 22.7 Å². The topological polar surface area (TPSA) is 70.7 Å². The number of nitrogens with one attached hydrogen (secondary N) is 1. The van der Waals surface area contributed by atoms with Crippen LogP contribution in [0.25, 0.3) is 22.4 Å². The summed E-state index contributed by atoms with van der Waals surface area (Å²) >= 11 is 0. The monoisotopic (exact) mass is 332 g/mol. The van der Waals surface area contributed by atoms with E-state index < -0.39 is 0 Å². The number of amides is 1. The second-order valence-corrected chi connectivity index (χ2v) is 6.01. The Morgan fingerprint density at radius 3 is 2.64 bits per heavy atom. The third kappa shape index (κ3) is 3.53. The second-order valence-electron chi connectivity index (χ2n) is 6.01. The van der Waals surface area contributed by atoms with Crippen molar-refractivity contribution in [2.24, 2.45) is 0 Å². The van der Waals surface area contributed by atoms with Gasteiger partial charge in [0.15, 0.2) is 0 Å². The molecule has 2 aromatic carbocycles. The number of anilines is 1. The number of nitrogens with zero attached hydrogens (tertiary/aromatic N) is 3. The van der Waals surface area contributed by atoms with Gasteiger partial charge >= 0.3 is 0 Å². The summed E-state index contributed by atoms with van der Waals surface area (Å²) in [4.78, 5) is 15.9. The lowest BCUT2D eigenvalue weighted by molar-refractivity contribution is -0.114. The third-order valence-electron chi connectivity index (χ3n) is 4.08. The number of carbonyl (C=O) groups is 1. The molecule has 5 heteroatoms. The van der Waals surface area contributed by atoms with E-state index in [0.29, 0.717) is 5.56 Å². The summed E-state index contributed by atoms with van der Waals surface area (Å²) in [5.74, 6) is 0.792. The molecule has 1 N–H and O–H groups in total. The molecule has 0 saturated heterocycles. The summed E-state index contributed by atoms with van der Waals surface area (Å²) in [5.41, 5.74) is 4.23. The number of carbonyl (C=O) groups excluding carboxylic acids is 1. The molecule has 3 aromatic rings. The standard InChI is InChI=1S/C20H20N4O/c1-3-4-11-24-19-10-5-15(13-21)12-18(19)23-20(24)16-6-8-17(9-7-16)22-14(2)25/h5-10,12H,3-4,11H2,1-2H3,(H,22,25). The molecule has 1 heterocycles. The molecule has 0 bridgehead atoms. The molecule has 126 valence electrons. The minimum absolute atomic E-state index is 0.0908. The first-order chi connectivity index (χ1) is 12.1. The molecule has 0 fully saturated rings. The van der Waals surface area contributed by atoms with Crippen molar-refractivity contribution in [3.05, 3.63) is 48.0 Å². The number of hydrogen-bond acceptors (Lipinski definition) is 3. The van der Waals surface area contributed by atoms with E-state index in [1.807, 2.05) is 42.5 Å².